The number of phenolic OH excluding ortho intramolecular Hbond substituents is 1. The quantitative estimate of drug-likeness (QED) is 0.475. The van der Waals surface area contributed by atoms with Gasteiger partial charge in [0, 0.05) is 10.3 Å². The Morgan fingerprint density at radius 1 is 0.850 bits per heavy atom. The Hall–Kier alpha value is -1.15. The fourth-order valence-electron chi connectivity index (χ4n) is 2.45. The van der Waals surface area contributed by atoms with Crippen molar-refractivity contribution in [2.24, 2.45) is 0 Å². The number of benzene rings is 2. The Morgan fingerprint density at radius 2 is 1.55 bits per heavy atom. The highest BCUT2D eigenvalue weighted by molar-refractivity contribution is 7.99. The molecule has 0 saturated heterocycles. The van der Waals surface area contributed by atoms with E-state index in [4.69, 9.17) is 0 Å². The summed E-state index contributed by atoms with van der Waals surface area (Å²) in [6, 6.07) is 11.9. The van der Waals surface area contributed by atoms with Gasteiger partial charge in [-0.2, -0.15) is 0 Å². The van der Waals surface area contributed by atoms with Gasteiger partial charge in [0.1, 0.15) is 5.75 Å². The van der Waals surface area contributed by atoms with Crippen LogP contribution in [-0.2, 0) is 0 Å². The van der Waals surface area contributed by atoms with E-state index in [9.17, 15) is 5.11 Å². The van der Waals surface area contributed by atoms with E-state index in [0.29, 0.717) is 5.75 Å². The molecule has 2 aromatic rings. The lowest BCUT2D eigenvalue weighted by Crippen LogP contribution is -1.84. The molecule has 0 aliphatic heterocycles. The Bertz CT molecular complexity index is 536. The lowest BCUT2D eigenvalue weighted by Gasteiger charge is -2.08. The van der Waals surface area contributed by atoms with Crippen LogP contribution in [0, 0.1) is 0 Å². The van der Waals surface area contributed by atoms with Gasteiger partial charge in [-0.15, -0.1) is 11.8 Å². The zero-order valence-corrected chi connectivity index (χ0v) is 13.1. The Labute approximate surface area is 126 Å². The maximum Gasteiger partial charge on any atom is 0.123 e. The molecule has 108 valence electrons. The largest absolute Gasteiger partial charge is 0.507 e. The number of fused-ring (bicyclic) bond motifs is 1. The van der Waals surface area contributed by atoms with Crippen molar-refractivity contribution in [3.05, 3.63) is 36.4 Å². The van der Waals surface area contributed by atoms with Crippen LogP contribution in [0.15, 0.2) is 41.3 Å². The summed E-state index contributed by atoms with van der Waals surface area (Å²) in [6.45, 7) is 2.26. The summed E-state index contributed by atoms with van der Waals surface area (Å²) < 4.78 is 0. The van der Waals surface area contributed by atoms with E-state index in [2.05, 4.69) is 13.0 Å². The minimum atomic E-state index is 0.379. The summed E-state index contributed by atoms with van der Waals surface area (Å²) in [5.74, 6) is 1.55. The fourth-order valence-corrected chi connectivity index (χ4v) is 3.51. The predicted octanol–water partition coefficient (Wildman–Crippen LogP) is 6.00. The van der Waals surface area contributed by atoms with Gasteiger partial charge in [-0.25, -0.2) is 0 Å². The highest BCUT2D eigenvalue weighted by atomic mass is 32.2. The lowest BCUT2D eigenvalue weighted by atomic mass is 10.1. The van der Waals surface area contributed by atoms with Gasteiger partial charge in [-0.3, -0.25) is 0 Å². The van der Waals surface area contributed by atoms with E-state index < -0.39 is 0 Å². The Morgan fingerprint density at radius 3 is 2.35 bits per heavy atom. The monoisotopic (exact) mass is 288 g/mol. The molecular weight excluding hydrogens is 264 g/mol. The molecule has 1 N–H and O–H groups in total. The first-order valence-electron chi connectivity index (χ1n) is 7.66. The second-order valence-corrected chi connectivity index (χ2v) is 6.38. The molecule has 0 saturated carbocycles. The molecule has 1 nitrogen and oxygen atoms in total. The molecule has 2 rings (SSSR count). The molecule has 20 heavy (non-hydrogen) atoms. The van der Waals surface area contributed by atoms with Crippen LogP contribution in [0.3, 0.4) is 0 Å². The molecule has 0 fully saturated rings. The Kier molecular flexibility index (Phi) is 6.25. The van der Waals surface area contributed by atoms with E-state index in [1.807, 2.05) is 42.1 Å². The standard InChI is InChI=1S/C18H24OS/c1-2-3-4-5-6-9-14-20-18-13-12-17(19)15-10-7-8-11-16(15)18/h7-8,10-13,19H,2-6,9,14H2,1H3. The van der Waals surface area contributed by atoms with Crippen molar-refractivity contribution in [1.82, 2.24) is 0 Å². The molecule has 0 heterocycles. The molecule has 2 aromatic carbocycles. The van der Waals surface area contributed by atoms with Crippen molar-refractivity contribution >= 4 is 22.5 Å². The maximum atomic E-state index is 9.88. The van der Waals surface area contributed by atoms with Gasteiger partial charge in [0.2, 0.25) is 0 Å². The minimum absolute atomic E-state index is 0.379. The highest BCUT2D eigenvalue weighted by Gasteiger charge is 2.04. The second kappa shape index (κ2) is 8.21. The van der Waals surface area contributed by atoms with Crippen LogP contribution in [0.25, 0.3) is 10.8 Å². The molecule has 0 amide bonds. The number of hydrogen-bond acceptors (Lipinski definition) is 2. The zero-order chi connectivity index (χ0) is 14.2. The fraction of sp³-hybridized carbons (Fsp3) is 0.444. The van der Waals surface area contributed by atoms with Crippen LogP contribution in [-0.4, -0.2) is 10.9 Å². The zero-order valence-electron chi connectivity index (χ0n) is 12.3. The van der Waals surface area contributed by atoms with E-state index >= 15 is 0 Å². The average molecular weight is 288 g/mol. The van der Waals surface area contributed by atoms with Gasteiger partial charge in [0.15, 0.2) is 0 Å². The summed E-state index contributed by atoms with van der Waals surface area (Å²) in [4.78, 5) is 1.28. The van der Waals surface area contributed by atoms with Crippen molar-refractivity contribution in [3.63, 3.8) is 0 Å². The van der Waals surface area contributed by atoms with Crippen molar-refractivity contribution in [1.29, 1.82) is 0 Å². The van der Waals surface area contributed by atoms with Gasteiger partial charge < -0.3 is 5.11 Å². The first kappa shape index (κ1) is 15.2. The number of thioether (sulfide) groups is 1. The van der Waals surface area contributed by atoms with E-state index in [-0.39, 0.29) is 0 Å². The first-order chi connectivity index (χ1) is 9.83. The van der Waals surface area contributed by atoms with E-state index in [0.717, 1.165) is 5.39 Å². The van der Waals surface area contributed by atoms with Crippen LogP contribution in [0.4, 0.5) is 0 Å². The van der Waals surface area contributed by atoms with Crippen LogP contribution >= 0.6 is 11.8 Å². The summed E-state index contributed by atoms with van der Waals surface area (Å²) in [5.41, 5.74) is 0. The highest BCUT2D eigenvalue weighted by Crippen LogP contribution is 2.33. The molecule has 0 aromatic heterocycles. The van der Waals surface area contributed by atoms with Gasteiger partial charge in [-0.05, 0) is 29.7 Å². The molecule has 0 atom stereocenters. The maximum absolute atomic E-state index is 9.88. The molecular formula is C18H24OS. The third-order valence-corrected chi connectivity index (χ3v) is 4.78. The normalized spacial score (nSPS) is 11.1. The minimum Gasteiger partial charge on any atom is -0.507 e. The van der Waals surface area contributed by atoms with Gasteiger partial charge >= 0.3 is 0 Å². The second-order valence-electron chi connectivity index (χ2n) is 5.24. The van der Waals surface area contributed by atoms with E-state index in [1.165, 1.54) is 54.6 Å². The van der Waals surface area contributed by atoms with Crippen molar-refractivity contribution in [2.75, 3.05) is 5.75 Å². The van der Waals surface area contributed by atoms with Crippen LogP contribution in [0.2, 0.25) is 0 Å². The predicted molar refractivity (Wildman–Crippen MR) is 89.7 cm³/mol. The molecule has 0 unspecified atom stereocenters. The molecule has 0 bridgehead atoms. The van der Waals surface area contributed by atoms with Crippen molar-refractivity contribution in [3.8, 4) is 5.75 Å². The summed E-state index contributed by atoms with van der Waals surface area (Å²) >= 11 is 1.91. The average Bonchev–Trinajstić information content (AvgIpc) is 2.49. The molecule has 2 heteroatoms. The lowest BCUT2D eigenvalue weighted by molar-refractivity contribution is 0.481. The molecule has 0 radical (unpaired) electrons. The number of aromatic hydroxyl groups is 1. The van der Waals surface area contributed by atoms with Crippen molar-refractivity contribution < 1.29 is 5.11 Å². The van der Waals surface area contributed by atoms with Crippen molar-refractivity contribution in [2.45, 2.75) is 50.3 Å². The smallest absolute Gasteiger partial charge is 0.123 e. The van der Waals surface area contributed by atoms with Gasteiger partial charge in [0.05, 0.1) is 0 Å². The first-order valence-corrected chi connectivity index (χ1v) is 8.65. The number of hydrogen-bond donors (Lipinski definition) is 1. The molecule has 0 aliphatic rings. The summed E-state index contributed by atoms with van der Waals surface area (Å²) in [5, 5.41) is 12.0. The van der Waals surface area contributed by atoms with Gasteiger partial charge in [-0.1, -0.05) is 63.3 Å². The third-order valence-electron chi connectivity index (χ3n) is 3.62. The van der Waals surface area contributed by atoms with Gasteiger partial charge in [0.25, 0.3) is 0 Å². The Balaban J connectivity index is 1.86. The summed E-state index contributed by atoms with van der Waals surface area (Å²) in [6.07, 6.45) is 8.05. The topological polar surface area (TPSA) is 20.2 Å². The van der Waals surface area contributed by atoms with E-state index in [1.54, 1.807) is 0 Å². The van der Waals surface area contributed by atoms with Crippen LogP contribution in [0.1, 0.15) is 45.4 Å². The van der Waals surface area contributed by atoms with Crippen LogP contribution in [0.5, 0.6) is 5.75 Å². The molecule has 0 aliphatic carbocycles. The third kappa shape index (κ3) is 4.17. The number of rotatable bonds is 8. The number of unbranched alkanes of at least 4 members (excludes halogenated alkanes) is 5. The molecule has 0 spiro atoms. The summed E-state index contributed by atoms with van der Waals surface area (Å²) in [7, 11) is 0. The van der Waals surface area contributed by atoms with Crippen LogP contribution < -0.4 is 0 Å². The SMILES string of the molecule is CCCCCCCCSc1ccc(O)c2ccccc12. The number of phenols is 1.